The van der Waals surface area contributed by atoms with E-state index in [9.17, 15) is 0 Å². The summed E-state index contributed by atoms with van der Waals surface area (Å²) in [7, 11) is 2.03. The Hall–Kier alpha value is -2.03. The third-order valence-electron chi connectivity index (χ3n) is 6.33. The molecule has 2 heteroatoms. The van der Waals surface area contributed by atoms with Gasteiger partial charge in [-0.3, -0.25) is 0 Å². The predicted molar refractivity (Wildman–Crippen MR) is 142 cm³/mol. The molecular weight excluding hydrogens is 394 g/mol. The lowest BCUT2D eigenvalue weighted by Crippen LogP contribution is -2.25. The van der Waals surface area contributed by atoms with E-state index in [1.165, 1.54) is 65.3 Å². The van der Waals surface area contributed by atoms with E-state index in [-0.39, 0.29) is 0 Å². The van der Waals surface area contributed by atoms with Crippen molar-refractivity contribution in [3.05, 3.63) is 82.9 Å². The lowest BCUT2D eigenvalue weighted by atomic mass is 9.89. The second-order valence-corrected chi connectivity index (χ2v) is 9.40. The van der Waals surface area contributed by atoms with Crippen molar-refractivity contribution >= 4 is 35.6 Å². The van der Waals surface area contributed by atoms with Crippen LogP contribution in [0.2, 0.25) is 0 Å². The fraction of sp³-hybridized carbons (Fsp3) is 0.379. The number of benzene rings is 3. The molecule has 4 rings (SSSR count). The lowest BCUT2D eigenvalue weighted by Gasteiger charge is -2.25. The zero-order chi connectivity index (χ0) is 22.1. The molecule has 1 saturated carbocycles. The highest BCUT2D eigenvalue weighted by atomic mass is 32.1. The summed E-state index contributed by atoms with van der Waals surface area (Å²) in [6.45, 7) is 5.56. The summed E-state index contributed by atoms with van der Waals surface area (Å²) in [6.07, 6.45) is 10.9. The summed E-state index contributed by atoms with van der Waals surface area (Å²) in [4.78, 5) is 0. The Morgan fingerprint density at radius 2 is 1.74 bits per heavy atom. The van der Waals surface area contributed by atoms with Gasteiger partial charge in [-0.05, 0) is 85.1 Å². The van der Waals surface area contributed by atoms with Gasteiger partial charge in [0.25, 0.3) is 0 Å². The second kappa shape index (κ2) is 12.1. The second-order valence-electron chi connectivity index (χ2n) is 8.67. The molecule has 0 radical (unpaired) electrons. The van der Waals surface area contributed by atoms with Crippen LogP contribution >= 0.6 is 12.6 Å². The van der Waals surface area contributed by atoms with Crippen LogP contribution in [0.5, 0.6) is 0 Å². The van der Waals surface area contributed by atoms with Crippen molar-refractivity contribution in [2.24, 2.45) is 5.92 Å². The molecule has 1 aliphatic rings. The van der Waals surface area contributed by atoms with E-state index in [2.05, 4.69) is 105 Å². The molecule has 164 valence electrons. The van der Waals surface area contributed by atoms with Gasteiger partial charge in [0.2, 0.25) is 0 Å². The Balaban J connectivity index is 0.000000229. The molecule has 0 aliphatic heterocycles. The maximum Gasteiger partial charge on any atom is 0.00199 e. The maximum atomic E-state index is 4.49. The fourth-order valence-corrected chi connectivity index (χ4v) is 4.89. The van der Waals surface area contributed by atoms with Crippen molar-refractivity contribution in [2.45, 2.75) is 51.2 Å². The van der Waals surface area contributed by atoms with Crippen molar-refractivity contribution in [3.8, 4) is 0 Å². The molecule has 0 spiro atoms. The zero-order valence-corrected chi connectivity index (χ0v) is 20.2. The third-order valence-corrected chi connectivity index (χ3v) is 6.80. The minimum Gasteiger partial charge on any atom is -0.319 e. The molecule has 2 atom stereocenters. The van der Waals surface area contributed by atoms with E-state index in [4.69, 9.17) is 0 Å². The van der Waals surface area contributed by atoms with Gasteiger partial charge in [0.15, 0.2) is 0 Å². The zero-order valence-electron chi connectivity index (χ0n) is 19.3. The van der Waals surface area contributed by atoms with Gasteiger partial charge >= 0.3 is 0 Å². The van der Waals surface area contributed by atoms with Crippen molar-refractivity contribution in [2.75, 3.05) is 13.6 Å². The molecule has 0 amide bonds. The van der Waals surface area contributed by atoms with Gasteiger partial charge in [0.05, 0.1) is 0 Å². The highest BCUT2D eigenvalue weighted by Crippen LogP contribution is 2.26. The van der Waals surface area contributed by atoms with Crippen molar-refractivity contribution < 1.29 is 0 Å². The van der Waals surface area contributed by atoms with Gasteiger partial charge in [0, 0.05) is 5.25 Å². The highest BCUT2D eigenvalue weighted by molar-refractivity contribution is 7.80. The molecule has 0 heterocycles. The molecule has 1 fully saturated rings. The van der Waals surface area contributed by atoms with Crippen LogP contribution in [0, 0.1) is 12.8 Å². The van der Waals surface area contributed by atoms with Crippen molar-refractivity contribution in [1.29, 1.82) is 0 Å². The lowest BCUT2D eigenvalue weighted by molar-refractivity contribution is 0.358. The van der Waals surface area contributed by atoms with Gasteiger partial charge in [-0.2, -0.15) is 12.6 Å². The quantitative estimate of drug-likeness (QED) is 0.313. The Morgan fingerprint density at radius 3 is 2.45 bits per heavy atom. The fourth-order valence-electron chi connectivity index (χ4n) is 4.41. The van der Waals surface area contributed by atoms with E-state index in [1.807, 2.05) is 7.05 Å². The SMILES string of the molecule is CCc1ccc(/C=C/c2ccc3ccccc3c2C)cc1.CNCC1CCCC(S)C1. The normalized spacial score (nSPS) is 18.7. The molecule has 31 heavy (non-hydrogen) atoms. The molecular formula is C29H37NS. The van der Waals surface area contributed by atoms with E-state index in [1.54, 1.807) is 0 Å². The average molecular weight is 432 g/mol. The van der Waals surface area contributed by atoms with E-state index in [0.717, 1.165) is 12.3 Å². The van der Waals surface area contributed by atoms with Crippen LogP contribution in [0.3, 0.4) is 0 Å². The Kier molecular flexibility index (Phi) is 9.24. The number of fused-ring (bicyclic) bond motifs is 1. The van der Waals surface area contributed by atoms with E-state index in [0.29, 0.717) is 5.25 Å². The molecule has 1 N–H and O–H groups in total. The third kappa shape index (κ3) is 6.98. The number of aryl methyl sites for hydroxylation is 2. The molecule has 1 nitrogen and oxygen atoms in total. The van der Waals surface area contributed by atoms with Gasteiger partial charge < -0.3 is 5.32 Å². The number of thiol groups is 1. The number of hydrogen-bond donors (Lipinski definition) is 2. The first kappa shape index (κ1) is 23.6. The van der Waals surface area contributed by atoms with Crippen LogP contribution < -0.4 is 5.32 Å². The molecule has 3 aromatic rings. The molecule has 2 unspecified atom stereocenters. The Morgan fingerprint density at radius 1 is 0.968 bits per heavy atom. The largest absolute Gasteiger partial charge is 0.319 e. The molecule has 0 aromatic heterocycles. The summed E-state index contributed by atoms with van der Waals surface area (Å²) < 4.78 is 0. The first-order valence-corrected chi connectivity index (χ1v) is 12.2. The van der Waals surface area contributed by atoms with Crippen LogP contribution in [-0.2, 0) is 6.42 Å². The van der Waals surface area contributed by atoms with E-state index < -0.39 is 0 Å². The highest BCUT2D eigenvalue weighted by Gasteiger charge is 2.18. The van der Waals surface area contributed by atoms with Crippen LogP contribution in [0.25, 0.3) is 22.9 Å². The summed E-state index contributed by atoms with van der Waals surface area (Å²) in [6, 6.07) is 21.7. The van der Waals surface area contributed by atoms with E-state index >= 15 is 0 Å². The summed E-state index contributed by atoms with van der Waals surface area (Å²) in [5, 5.41) is 6.54. The average Bonchev–Trinajstić information content (AvgIpc) is 2.80. The van der Waals surface area contributed by atoms with Gasteiger partial charge in [-0.1, -0.05) is 86.2 Å². The standard InChI is InChI=1S/C21H20.C8H17NS/c1-3-17-8-10-18(11-9-17)12-13-19-14-15-20-6-4-5-7-21(20)16(19)2;1-9-6-7-3-2-4-8(10)5-7/h4-15H,3H2,1-2H3;7-10H,2-6H2,1H3/b13-12+;. The number of nitrogens with one attached hydrogen (secondary N) is 1. The van der Waals surface area contributed by atoms with Crippen molar-refractivity contribution in [1.82, 2.24) is 5.32 Å². The molecule has 1 aliphatic carbocycles. The van der Waals surface area contributed by atoms with Crippen LogP contribution in [-0.4, -0.2) is 18.8 Å². The molecule has 0 saturated heterocycles. The van der Waals surface area contributed by atoms with Gasteiger partial charge in [0.1, 0.15) is 0 Å². The monoisotopic (exact) mass is 431 g/mol. The minimum atomic E-state index is 0.673. The first-order chi connectivity index (χ1) is 15.1. The number of rotatable bonds is 5. The van der Waals surface area contributed by atoms with Gasteiger partial charge in [-0.15, -0.1) is 0 Å². The Bertz CT molecular complexity index is 972. The van der Waals surface area contributed by atoms with Crippen LogP contribution in [0.1, 0.15) is 54.9 Å². The van der Waals surface area contributed by atoms with Crippen molar-refractivity contribution in [3.63, 3.8) is 0 Å². The maximum absolute atomic E-state index is 4.49. The smallest absolute Gasteiger partial charge is 0.00199 e. The molecule has 0 bridgehead atoms. The summed E-state index contributed by atoms with van der Waals surface area (Å²) in [5.74, 6) is 0.890. The number of hydrogen-bond acceptors (Lipinski definition) is 2. The topological polar surface area (TPSA) is 12.0 Å². The minimum absolute atomic E-state index is 0.673. The predicted octanol–water partition coefficient (Wildman–Crippen LogP) is 7.58. The van der Waals surface area contributed by atoms with Crippen LogP contribution in [0.4, 0.5) is 0 Å². The summed E-state index contributed by atoms with van der Waals surface area (Å²) in [5.41, 5.74) is 5.26. The van der Waals surface area contributed by atoms with Gasteiger partial charge in [-0.25, -0.2) is 0 Å². The molecule has 3 aromatic carbocycles. The van der Waals surface area contributed by atoms with Crippen LogP contribution in [0.15, 0.2) is 60.7 Å². The summed E-state index contributed by atoms with van der Waals surface area (Å²) >= 11 is 4.49. The Labute approximate surface area is 194 Å². The first-order valence-electron chi connectivity index (χ1n) is 11.7.